The van der Waals surface area contributed by atoms with E-state index in [-0.39, 0.29) is 23.7 Å². The summed E-state index contributed by atoms with van der Waals surface area (Å²) in [7, 11) is 1.94. The number of aromatic nitrogens is 2. The van der Waals surface area contributed by atoms with Gasteiger partial charge in [0, 0.05) is 33.2 Å². The number of morpholine rings is 1. The van der Waals surface area contributed by atoms with Crippen LogP contribution in [0, 0.1) is 11.8 Å². The molecular weight excluding hydrogens is 354 g/mol. The lowest BCUT2D eigenvalue weighted by molar-refractivity contribution is -0.141. The highest BCUT2D eigenvalue weighted by molar-refractivity contribution is 7.98. The molecule has 3 heterocycles. The molecule has 0 aromatic carbocycles. The van der Waals surface area contributed by atoms with Gasteiger partial charge in [0.25, 0.3) is 0 Å². The number of amides is 2. The molecule has 9 heteroatoms. The highest BCUT2D eigenvalue weighted by Gasteiger charge is 2.33. The Hall–Kier alpha value is -1.58. The number of carbonyl (C=O) groups is 2. The van der Waals surface area contributed by atoms with Gasteiger partial charge < -0.3 is 24.8 Å². The Balaban J connectivity index is 1.52. The summed E-state index contributed by atoms with van der Waals surface area (Å²) >= 11 is 1.57. The van der Waals surface area contributed by atoms with Crippen LogP contribution in [-0.4, -0.2) is 71.9 Å². The average Bonchev–Trinajstić information content (AvgIpc) is 3.06. The van der Waals surface area contributed by atoms with Crippen LogP contribution in [0.1, 0.15) is 12.1 Å². The maximum atomic E-state index is 12.7. The first-order valence-electron chi connectivity index (χ1n) is 8.99. The van der Waals surface area contributed by atoms with E-state index < -0.39 is 0 Å². The molecule has 2 fully saturated rings. The van der Waals surface area contributed by atoms with E-state index in [4.69, 9.17) is 4.74 Å². The third-order valence-electron chi connectivity index (χ3n) is 5.06. The molecule has 26 heavy (non-hydrogen) atoms. The fourth-order valence-corrected chi connectivity index (χ4v) is 4.02. The third-order valence-corrected chi connectivity index (χ3v) is 5.81. The van der Waals surface area contributed by atoms with Crippen LogP contribution in [0.2, 0.25) is 0 Å². The molecule has 0 unspecified atom stereocenters. The van der Waals surface area contributed by atoms with Gasteiger partial charge in [0.2, 0.25) is 11.8 Å². The number of nitrogens with zero attached hydrogens (tertiary/aromatic N) is 3. The van der Waals surface area contributed by atoms with Gasteiger partial charge in [-0.25, -0.2) is 4.98 Å². The largest absolute Gasteiger partial charge is 0.378 e. The Labute approximate surface area is 158 Å². The minimum Gasteiger partial charge on any atom is -0.378 e. The average molecular weight is 382 g/mol. The number of ether oxygens (including phenoxy) is 1. The highest BCUT2D eigenvalue weighted by Crippen LogP contribution is 2.20. The minimum atomic E-state index is -0.188. The maximum Gasteiger partial charge on any atom is 0.227 e. The second-order valence-electron chi connectivity index (χ2n) is 6.74. The van der Waals surface area contributed by atoms with Crippen LogP contribution >= 0.6 is 11.8 Å². The van der Waals surface area contributed by atoms with Gasteiger partial charge in [-0.2, -0.15) is 0 Å². The van der Waals surface area contributed by atoms with Crippen molar-refractivity contribution in [2.75, 3.05) is 45.6 Å². The van der Waals surface area contributed by atoms with Crippen LogP contribution in [0.4, 0.5) is 0 Å². The number of imidazole rings is 1. The zero-order valence-electron chi connectivity index (χ0n) is 15.4. The number of thioether (sulfide) groups is 1. The number of piperidine rings is 1. The van der Waals surface area contributed by atoms with Gasteiger partial charge in [-0.05, 0) is 12.7 Å². The topological polar surface area (TPSA) is 88.5 Å². The summed E-state index contributed by atoms with van der Waals surface area (Å²) in [6.07, 6.45) is 4.36. The van der Waals surface area contributed by atoms with Gasteiger partial charge in [-0.1, -0.05) is 11.8 Å². The number of rotatable bonds is 5. The summed E-state index contributed by atoms with van der Waals surface area (Å²) < 4.78 is 7.29. The van der Waals surface area contributed by atoms with Crippen LogP contribution in [0.25, 0.3) is 0 Å². The van der Waals surface area contributed by atoms with Gasteiger partial charge in [-0.15, -0.1) is 0 Å². The fraction of sp³-hybridized carbons (Fsp3) is 0.706. The molecule has 0 bridgehead atoms. The summed E-state index contributed by atoms with van der Waals surface area (Å²) in [5.74, 6) is -0.206. The first-order valence-corrected chi connectivity index (χ1v) is 10.2. The second kappa shape index (κ2) is 8.88. The lowest BCUT2D eigenvalue weighted by Crippen LogP contribution is -2.51. The molecule has 2 aliphatic rings. The lowest BCUT2D eigenvalue weighted by Gasteiger charge is -2.34. The first kappa shape index (κ1) is 19.2. The maximum absolute atomic E-state index is 12.7. The van der Waals surface area contributed by atoms with E-state index in [9.17, 15) is 9.59 Å². The number of hydrogen-bond acceptors (Lipinski definition) is 6. The van der Waals surface area contributed by atoms with Crippen LogP contribution in [0.3, 0.4) is 0 Å². The molecule has 2 atom stereocenters. The third kappa shape index (κ3) is 4.39. The summed E-state index contributed by atoms with van der Waals surface area (Å²) in [6, 6.07) is 0. The summed E-state index contributed by atoms with van der Waals surface area (Å²) in [4.78, 5) is 31.4. The van der Waals surface area contributed by atoms with Crippen molar-refractivity contribution >= 4 is 23.6 Å². The molecular formula is C17H27N5O3S. The van der Waals surface area contributed by atoms with Crippen LogP contribution in [0.15, 0.2) is 11.4 Å². The molecule has 2 saturated heterocycles. The zero-order valence-corrected chi connectivity index (χ0v) is 16.2. The highest BCUT2D eigenvalue weighted by atomic mass is 32.2. The monoisotopic (exact) mass is 381 g/mol. The Kier molecular flexibility index (Phi) is 6.55. The summed E-state index contributed by atoms with van der Waals surface area (Å²) in [6.45, 7) is 4.17. The van der Waals surface area contributed by atoms with Gasteiger partial charge in [0.15, 0.2) is 5.16 Å². The quantitative estimate of drug-likeness (QED) is 0.690. The van der Waals surface area contributed by atoms with E-state index in [2.05, 4.69) is 15.6 Å². The molecule has 3 rings (SSSR count). The van der Waals surface area contributed by atoms with Crippen molar-refractivity contribution in [3.05, 3.63) is 11.9 Å². The Bertz CT molecular complexity index is 644. The standard InChI is InChI=1S/C17H27N5O3S/c1-21-14(11-20-17(21)26-2)10-19-15(23)12-7-13(9-18-8-12)16(24)22-3-5-25-6-4-22/h11-13,18H,3-10H2,1-2H3,(H,19,23)/t12-,13-/m0/s1. The second-order valence-corrected chi connectivity index (χ2v) is 7.51. The van der Waals surface area contributed by atoms with Crippen LogP contribution < -0.4 is 10.6 Å². The van der Waals surface area contributed by atoms with Gasteiger partial charge in [0.05, 0.1) is 43.5 Å². The van der Waals surface area contributed by atoms with Crippen molar-refractivity contribution in [2.24, 2.45) is 18.9 Å². The predicted octanol–water partition coefficient (Wildman–Crippen LogP) is -0.157. The normalized spacial score (nSPS) is 23.7. The molecule has 1 aromatic rings. The molecule has 0 aliphatic carbocycles. The zero-order chi connectivity index (χ0) is 18.5. The van der Waals surface area contributed by atoms with E-state index in [0.29, 0.717) is 52.4 Å². The molecule has 0 saturated carbocycles. The number of carbonyl (C=O) groups excluding carboxylic acids is 2. The van der Waals surface area contributed by atoms with E-state index in [1.807, 2.05) is 22.8 Å². The van der Waals surface area contributed by atoms with Crippen molar-refractivity contribution in [1.29, 1.82) is 0 Å². The number of hydrogen-bond donors (Lipinski definition) is 2. The van der Waals surface area contributed by atoms with Crippen LogP contribution in [-0.2, 0) is 27.9 Å². The van der Waals surface area contributed by atoms with Crippen molar-refractivity contribution in [3.63, 3.8) is 0 Å². The Morgan fingerprint density at radius 3 is 2.77 bits per heavy atom. The van der Waals surface area contributed by atoms with Gasteiger partial charge in [0.1, 0.15) is 0 Å². The Morgan fingerprint density at radius 2 is 2.08 bits per heavy atom. The predicted molar refractivity (Wildman–Crippen MR) is 98.7 cm³/mol. The fourth-order valence-electron chi connectivity index (χ4n) is 3.47. The van der Waals surface area contributed by atoms with E-state index >= 15 is 0 Å². The molecule has 2 aliphatic heterocycles. The van der Waals surface area contributed by atoms with E-state index in [1.54, 1.807) is 18.0 Å². The number of nitrogens with one attached hydrogen (secondary N) is 2. The minimum absolute atomic E-state index is 0.0103. The molecule has 2 amide bonds. The van der Waals surface area contributed by atoms with Gasteiger partial charge in [-0.3, -0.25) is 9.59 Å². The molecule has 1 aromatic heterocycles. The van der Waals surface area contributed by atoms with Crippen molar-refractivity contribution in [3.8, 4) is 0 Å². The van der Waals surface area contributed by atoms with Crippen molar-refractivity contribution in [1.82, 2.24) is 25.1 Å². The molecule has 2 N–H and O–H groups in total. The molecule has 144 valence electrons. The summed E-state index contributed by atoms with van der Waals surface area (Å²) in [5, 5.41) is 7.16. The van der Waals surface area contributed by atoms with Crippen molar-refractivity contribution < 1.29 is 14.3 Å². The van der Waals surface area contributed by atoms with E-state index in [0.717, 1.165) is 10.9 Å². The van der Waals surface area contributed by atoms with Crippen molar-refractivity contribution in [2.45, 2.75) is 18.1 Å². The molecule has 8 nitrogen and oxygen atoms in total. The van der Waals surface area contributed by atoms with E-state index in [1.165, 1.54) is 0 Å². The lowest BCUT2D eigenvalue weighted by atomic mass is 9.88. The SMILES string of the molecule is CSc1ncc(CNC(=O)[C@@H]2CNC[C@@H](C(=O)N3CCOCC3)C2)n1C. The van der Waals surface area contributed by atoms with Gasteiger partial charge >= 0.3 is 0 Å². The molecule has 0 spiro atoms. The smallest absolute Gasteiger partial charge is 0.227 e. The van der Waals surface area contributed by atoms with Crippen LogP contribution in [0.5, 0.6) is 0 Å². The Morgan fingerprint density at radius 1 is 1.35 bits per heavy atom. The first-order chi connectivity index (χ1) is 12.6. The summed E-state index contributed by atoms with van der Waals surface area (Å²) in [5.41, 5.74) is 0.965. The molecule has 0 radical (unpaired) electrons.